The van der Waals surface area contributed by atoms with Crippen LogP contribution in [0.5, 0.6) is 0 Å². The highest BCUT2D eigenvalue weighted by molar-refractivity contribution is 7.88. The summed E-state index contributed by atoms with van der Waals surface area (Å²) in [5.74, 6) is 0. The first-order chi connectivity index (χ1) is 8.34. The maximum Gasteiger partial charge on any atom is 0.211 e. The number of sulfonamides is 1. The second-order valence-electron chi connectivity index (χ2n) is 5.35. The van der Waals surface area contributed by atoms with Crippen LogP contribution in [0.2, 0.25) is 0 Å². The van der Waals surface area contributed by atoms with Crippen LogP contribution in [0.3, 0.4) is 0 Å². The number of nitrogens with zero attached hydrogens (tertiary/aromatic N) is 3. The third-order valence-corrected chi connectivity index (χ3v) is 4.85. The molecule has 6 heteroatoms. The largest absolute Gasteiger partial charge is 0.308 e. The molecule has 0 aromatic carbocycles. The topological polar surface area (TPSA) is 43.9 Å². The van der Waals surface area contributed by atoms with E-state index in [0.717, 1.165) is 26.1 Å². The fourth-order valence-electron chi connectivity index (χ4n) is 2.46. The van der Waals surface area contributed by atoms with Gasteiger partial charge >= 0.3 is 0 Å². The van der Waals surface area contributed by atoms with Crippen molar-refractivity contribution >= 4 is 10.0 Å². The second kappa shape index (κ2) is 6.84. The van der Waals surface area contributed by atoms with E-state index < -0.39 is 10.0 Å². The molecular weight excluding hydrogens is 250 g/mol. The molecule has 108 valence electrons. The van der Waals surface area contributed by atoms with Crippen LogP contribution in [0, 0.1) is 0 Å². The molecule has 5 nitrogen and oxygen atoms in total. The van der Waals surface area contributed by atoms with Gasteiger partial charge in [-0.2, -0.15) is 4.31 Å². The van der Waals surface area contributed by atoms with Crippen molar-refractivity contribution in [2.45, 2.75) is 25.8 Å². The molecule has 1 unspecified atom stereocenters. The molecule has 0 saturated carbocycles. The molecule has 0 aromatic heterocycles. The lowest BCUT2D eigenvalue weighted by Crippen LogP contribution is -2.44. The first kappa shape index (κ1) is 15.9. The van der Waals surface area contributed by atoms with Crippen LogP contribution in [0.1, 0.15) is 19.8 Å². The summed E-state index contributed by atoms with van der Waals surface area (Å²) in [6, 6.07) is 0.395. The summed E-state index contributed by atoms with van der Waals surface area (Å²) >= 11 is 0. The molecule has 0 N–H and O–H groups in total. The molecule has 0 radical (unpaired) electrons. The predicted octanol–water partition coefficient (Wildman–Crippen LogP) is 0.294. The van der Waals surface area contributed by atoms with Crippen molar-refractivity contribution < 1.29 is 8.42 Å². The molecule has 1 heterocycles. The van der Waals surface area contributed by atoms with E-state index in [1.54, 1.807) is 4.31 Å². The van der Waals surface area contributed by atoms with Crippen molar-refractivity contribution in [3.8, 4) is 0 Å². The SMILES string of the molecule is CCN1CCCC1CN(CCN(C)C)S(C)(=O)=O. The summed E-state index contributed by atoms with van der Waals surface area (Å²) in [4.78, 5) is 4.40. The fourth-order valence-corrected chi connectivity index (χ4v) is 3.31. The van der Waals surface area contributed by atoms with Crippen molar-refractivity contribution in [3.05, 3.63) is 0 Å². The lowest BCUT2D eigenvalue weighted by molar-refractivity contribution is 0.220. The van der Waals surface area contributed by atoms with Gasteiger partial charge in [0.05, 0.1) is 6.26 Å². The monoisotopic (exact) mass is 277 g/mol. The van der Waals surface area contributed by atoms with Gasteiger partial charge in [0, 0.05) is 25.7 Å². The van der Waals surface area contributed by atoms with Crippen LogP contribution in [-0.4, -0.2) is 81.6 Å². The molecule has 1 fully saturated rings. The Balaban J connectivity index is 2.61. The van der Waals surface area contributed by atoms with Gasteiger partial charge in [-0.15, -0.1) is 0 Å². The Hall–Kier alpha value is -0.170. The lowest BCUT2D eigenvalue weighted by atomic mass is 10.2. The van der Waals surface area contributed by atoms with E-state index in [1.807, 2.05) is 19.0 Å². The summed E-state index contributed by atoms with van der Waals surface area (Å²) in [6.45, 7) is 6.25. The molecular formula is C12H27N3O2S. The minimum absolute atomic E-state index is 0.395. The minimum atomic E-state index is -3.10. The van der Waals surface area contributed by atoms with Gasteiger partial charge in [-0.05, 0) is 40.0 Å². The van der Waals surface area contributed by atoms with Gasteiger partial charge in [0.25, 0.3) is 0 Å². The minimum Gasteiger partial charge on any atom is -0.308 e. The summed E-state index contributed by atoms with van der Waals surface area (Å²) < 4.78 is 25.3. The van der Waals surface area contributed by atoms with E-state index >= 15 is 0 Å². The van der Waals surface area contributed by atoms with E-state index in [2.05, 4.69) is 11.8 Å². The van der Waals surface area contributed by atoms with Gasteiger partial charge in [0.15, 0.2) is 0 Å². The molecule has 0 aliphatic carbocycles. The van der Waals surface area contributed by atoms with Gasteiger partial charge in [-0.3, -0.25) is 4.90 Å². The van der Waals surface area contributed by atoms with Crippen LogP contribution in [0.4, 0.5) is 0 Å². The van der Waals surface area contributed by atoms with Crippen LogP contribution in [-0.2, 0) is 10.0 Å². The van der Waals surface area contributed by atoms with Crippen LogP contribution in [0.15, 0.2) is 0 Å². The molecule has 1 aliphatic rings. The zero-order valence-corrected chi connectivity index (χ0v) is 12.9. The number of rotatable bonds is 7. The summed E-state index contributed by atoms with van der Waals surface area (Å²) in [5, 5.41) is 0. The van der Waals surface area contributed by atoms with Crippen LogP contribution < -0.4 is 0 Å². The second-order valence-corrected chi connectivity index (χ2v) is 7.33. The molecule has 18 heavy (non-hydrogen) atoms. The summed E-state index contributed by atoms with van der Waals surface area (Å²) in [7, 11) is 0.834. The van der Waals surface area contributed by atoms with Crippen molar-refractivity contribution in [1.29, 1.82) is 0 Å². The molecule has 0 amide bonds. The van der Waals surface area contributed by atoms with E-state index in [0.29, 0.717) is 19.1 Å². The molecule has 0 bridgehead atoms. The van der Waals surface area contributed by atoms with Gasteiger partial charge < -0.3 is 4.90 Å². The first-order valence-electron chi connectivity index (χ1n) is 6.68. The Kier molecular flexibility index (Phi) is 6.04. The first-order valence-corrected chi connectivity index (χ1v) is 8.53. The number of hydrogen-bond acceptors (Lipinski definition) is 4. The molecule has 1 rings (SSSR count). The maximum absolute atomic E-state index is 11.8. The third kappa shape index (κ3) is 4.84. The van der Waals surface area contributed by atoms with Crippen molar-refractivity contribution in [3.63, 3.8) is 0 Å². The van der Waals surface area contributed by atoms with Gasteiger partial charge in [0.2, 0.25) is 10.0 Å². The van der Waals surface area contributed by atoms with Crippen molar-refractivity contribution in [2.24, 2.45) is 0 Å². The highest BCUT2D eigenvalue weighted by atomic mass is 32.2. The Labute approximate surface area is 112 Å². The quantitative estimate of drug-likeness (QED) is 0.671. The van der Waals surface area contributed by atoms with Gasteiger partial charge in [-0.25, -0.2) is 8.42 Å². The van der Waals surface area contributed by atoms with Crippen molar-refractivity contribution in [2.75, 3.05) is 53.1 Å². The number of hydrogen-bond donors (Lipinski definition) is 0. The molecule has 0 aromatic rings. The zero-order chi connectivity index (χ0) is 13.8. The van der Waals surface area contributed by atoms with Crippen LogP contribution >= 0.6 is 0 Å². The normalized spacial score (nSPS) is 22.2. The molecule has 1 saturated heterocycles. The Morgan fingerprint density at radius 3 is 2.44 bits per heavy atom. The highest BCUT2D eigenvalue weighted by Crippen LogP contribution is 2.18. The Morgan fingerprint density at radius 1 is 1.28 bits per heavy atom. The van der Waals surface area contributed by atoms with Crippen LogP contribution in [0.25, 0.3) is 0 Å². The maximum atomic E-state index is 11.8. The molecule has 0 spiro atoms. The predicted molar refractivity (Wildman–Crippen MR) is 75.2 cm³/mol. The summed E-state index contributed by atoms with van der Waals surface area (Å²) in [5.41, 5.74) is 0. The third-order valence-electron chi connectivity index (χ3n) is 3.59. The van der Waals surface area contributed by atoms with Gasteiger partial charge in [-0.1, -0.05) is 6.92 Å². The number of likely N-dealkylation sites (tertiary alicyclic amines) is 1. The zero-order valence-electron chi connectivity index (χ0n) is 12.1. The number of likely N-dealkylation sites (N-methyl/N-ethyl adjacent to an activating group) is 2. The van der Waals surface area contributed by atoms with E-state index in [-0.39, 0.29) is 0 Å². The lowest BCUT2D eigenvalue weighted by Gasteiger charge is -2.29. The summed E-state index contributed by atoms with van der Waals surface area (Å²) in [6.07, 6.45) is 3.61. The van der Waals surface area contributed by atoms with Gasteiger partial charge in [0.1, 0.15) is 0 Å². The van der Waals surface area contributed by atoms with Crippen molar-refractivity contribution in [1.82, 2.24) is 14.1 Å². The average molecular weight is 277 g/mol. The standard InChI is InChI=1S/C12H27N3O2S/c1-5-14-8-6-7-12(14)11-15(18(4,16)17)10-9-13(2)3/h12H,5-11H2,1-4H3. The Bertz CT molecular complexity index is 343. The van der Waals surface area contributed by atoms with E-state index in [1.165, 1.54) is 12.7 Å². The molecule has 1 aliphatic heterocycles. The average Bonchev–Trinajstić information content (AvgIpc) is 2.69. The fraction of sp³-hybridized carbons (Fsp3) is 1.00. The smallest absolute Gasteiger partial charge is 0.211 e. The Morgan fingerprint density at radius 2 is 1.94 bits per heavy atom. The highest BCUT2D eigenvalue weighted by Gasteiger charge is 2.28. The molecule has 1 atom stereocenters. The van der Waals surface area contributed by atoms with E-state index in [4.69, 9.17) is 0 Å². The van der Waals surface area contributed by atoms with E-state index in [9.17, 15) is 8.42 Å².